The van der Waals surface area contributed by atoms with E-state index in [1.165, 1.54) is 0 Å². The molecule has 1 saturated heterocycles. The van der Waals surface area contributed by atoms with E-state index in [-0.39, 0.29) is 5.91 Å². The van der Waals surface area contributed by atoms with Crippen LogP contribution in [-0.4, -0.2) is 40.6 Å². The molecule has 162 valence electrons. The number of carbonyl (C=O) groups is 3. The summed E-state index contributed by atoms with van der Waals surface area (Å²) in [7, 11) is 0. The molecule has 0 bridgehead atoms. The lowest BCUT2D eigenvalue weighted by Crippen LogP contribution is -2.53. The first-order chi connectivity index (χ1) is 15.5. The Hall–Kier alpha value is -3.64. The maximum atomic E-state index is 12.6. The molecule has 3 aromatic carbocycles. The van der Waals surface area contributed by atoms with Crippen molar-refractivity contribution >= 4 is 35.0 Å². The van der Waals surface area contributed by atoms with Crippen molar-refractivity contribution in [1.29, 1.82) is 0 Å². The lowest BCUT2D eigenvalue weighted by molar-refractivity contribution is -0.156. The van der Waals surface area contributed by atoms with Gasteiger partial charge in [0.1, 0.15) is 0 Å². The fourth-order valence-electron chi connectivity index (χ4n) is 3.57. The van der Waals surface area contributed by atoms with E-state index in [9.17, 15) is 14.4 Å². The number of nitrogens with one attached hydrogen (secondary N) is 1. The van der Waals surface area contributed by atoms with Gasteiger partial charge in [-0.05, 0) is 41.5 Å². The minimum atomic E-state index is -0.505. The molecular formula is C25H22ClN3O3. The lowest BCUT2D eigenvalue weighted by Gasteiger charge is -2.33. The van der Waals surface area contributed by atoms with Gasteiger partial charge in [0.05, 0.1) is 0 Å². The SMILES string of the molecule is O=C(Nc1cccc(Cl)c1)c1ccc(CN2CCN(Cc3ccccc3)C(=O)C2=O)cc1. The highest BCUT2D eigenvalue weighted by Gasteiger charge is 2.32. The summed E-state index contributed by atoms with van der Waals surface area (Å²) < 4.78 is 0. The molecule has 1 N–H and O–H groups in total. The highest BCUT2D eigenvalue weighted by molar-refractivity contribution is 6.35. The summed E-state index contributed by atoms with van der Waals surface area (Å²) in [6.07, 6.45) is 0. The van der Waals surface area contributed by atoms with E-state index >= 15 is 0 Å². The van der Waals surface area contributed by atoms with Gasteiger partial charge in [-0.1, -0.05) is 60.1 Å². The van der Waals surface area contributed by atoms with Crippen molar-refractivity contribution in [3.8, 4) is 0 Å². The molecule has 0 radical (unpaired) electrons. The molecule has 1 heterocycles. The topological polar surface area (TPSA) is 69.7 Å². The Kier molecular flexibility index (Phi) is 6.52. The van der Waals surface area contributed by atoms with E-state index < -0.39 is 11.8 Å². The predicted molar refractivity (Wildman–Crippen MR) is 123 cm³/mol. The van der Waals surface area contributed by atoms with Crippen LogP contribution in [0.15, 0.2) is 78.9 Å². The van der Waals surface area contributed by atoms with E-state index in [4.69, 9.17) is 11.6 Å². The molecular weight excluding hydrogens is 426 g/mol. The van der Waals surface area contributed by atoms with E-state index in [0.717, 1.165) is 11.1 Å². The number of piperazine rings is 1. The van der Waals surface area contributed by atoms with Gasteiger partial charge in [0.15, 0.2) is 0 Å². The number of rotatable bonds is 6. The van der Waals surface area contributed by atoms with Crippen LogP contribution in [0.3, 0.4) is 0 Å². The van der Waals surface area contributed by atoms with Gasteiger partial charge in [0.25, 0.3) is 5.91 Å². The highest BCUT2D eigenvalue weighted by atomic mass is 35.5. The maximum absolute atomic E-state index is 12.6. The third-order valence-electron chi connectivity index (χ3n) is 5.29. The number of hydrogen-bond acceptors (Lipinski definition) is 3. The van der Waals surface area contributed by atoms with Gasteiger partial charge >= 0.3 is 11.8 Å². The van der Waals surface area contributed by atoms with Crippen molar-refractivity contribution in [1.82, 2.24) is 9.80 Å². The number of benzene rings is 3. The largest absolute Gasteiger partial charge is 0.328 e. The molecule has 0 aromatic heterocycles. The minimum absolute atomic E-state index is 0.250. The molecule has 4 rings (SSSR count). The molecule has 7 heteroatoms. The van der Waals surface area contributed by atoms with Gasteiger partial charge in [-0.3, -0.25) is 14.4 Å². The minimum Gasteiger partial charge on any atom is -0.328 e. The molecule has 3 aromatic rings. The van der Waals surface area contributed by atoms with Crippen LogP contribution in [0, 0.1) is 0 Å². The Morgan fingerprint density at radius 1 is 0.781 bits per heavy atom. The summed E-state index contributed by atoms with van der Waals surface area (Å²) in [5, 5.41) is 3.34. The summed E-state index contributed by atoms with van der Waals surface area (Å²) in [6, 6.07) is 23.5. The van der Waals surface area contributed by atoms with Gasteiger partial charge in [-0.2, -0.15) is 0 Å². The van der Waals surface area contributed by atoms with Crippen LogP contribution >= 0.6 is 11.6 Å². The number of nitrogens with zero attached hydrogens (tertiary/aromatic N) is 2. The smallest absolute Gasteiger partial charge is 0.312 e. The Balaban J connectivity index is 1.35. The third kappa shape index (κ3) is 5.15. The fraction of sp³-hybridized carbons (Fsp3) is 0.160. The first kappa shape index (κ1) is 21.6. The summed E-state index contributed by atoms with van der Waals surface area (Å²) in [5.41, 5.74) is 2.95. The first-order valence-corrected chi connectivity index (χ1v) is 10.7. The Labute approximate surface area is 191 Å². The average Bonchev–Trinajstić information content (AvgIpc) is 2.80. The van der Waals surface area contributed by atoms with Crippen LogP contribution in [0.1, 0.15) is 21.5 Å². The maximum Gasteiger partial charge on any atom is 0.312 e. The van der Waals surface area contributed by atoms with Gasteiger partial charge in [-0.15, -0.1) is 0 Å². The van der Waals surface area contributed by atoms with Crippen molar-refractivity contribution in [3.63, 3.8) is 0 Å². The molecule has 0 aliphatic carbocycles. The molecule has 0 saturated carbocycles. The lowest BCUT2D eigenvalue weighted by atomic mass is 10.1. The molecule has 32 heavy (non-hydrogen) atoms. The molecule has 1 aliphatic heterocycles. The van der Waals surface area contributed by atoms with Crippen molar-refractivity contribution < 1.29 is 14.4 Å². The molecule has 0 spiro atoms. The highest BCUT2D eigenvalue weighted by Crippen LogP contribution is 2.17. The normalized spacial score (nSPS) is 13.9. The molecule has 0 unspecified atom stereocenters. The zero-order valence-electron chi connectivity index (χ0n) is 17.3. The summed E-state index contributed by atoms with van der Waals surface area (Å²) in [4.78, 5) is 40.7. The summed E-state index contributed by atoms with van der Waals surface area (Å²) >= 11 is 5.95. The third-order valence-corrected chi connectivity index (χ3v) is 5.52. The van der Waals surface area contributed by atoms with Crippen LogP contribution in [0.5, 0.6) is 0 Å². The standard InChI is InChI=1S/C25H22ClN3O3/c26-21-7-4-8-22(15-21)27-23(30)20-11-9-19(10-12-20)17-29-14-13-28(24(31)25(29)32)16-18-5-2-1-3-6-18/h1-12,15H,13-14,16-17H2,(H,27,30). The van der Waals surface area contributed by atoms with Crippen LogP contribution < -0.4 is 5.32 Å². The average molecular weight is 448 g/mol. The van der Waals surface area contributed by atoms with Gasteiger partial charge in [-0.25, -0.2) is 0 Å². The number of halogens is 1. The number of amides is 3. The second-order valence-electron chi connectivity index (χ2n) is 7.60. The van der Waals surface area contributed by atoms with Crippen molar-refractivity contribution in [2.45, 2.75) is 13.1 Å². The quantitative estimate of drug-likeness (QED) is 0.581. The van der Waals surface area contributed by atoms with Crippen molar-refractivity contribution in [2.24, 2.45) is 0 Å². The van der Waals surface area contributed by atoms with Gasteiger partial charge < -0.3 is 15.1 Å². The number of hydrogen-bond donors (Lipinski definition) is 1. The number of carbonyl (C=O) groups excluding carboxylic acids is 3. The fourth-order valence-corrected chi connectivity index (χ4v) is 3.76. The van der Waals surface area contributed by atoms with E-state index in [1.807, 2.05) is 30.3 Å². The van der Waals surface area contributed by atoms with Crippen molar-refractivity contribution in [3.05, 3.63) is 101 Å². The second kappa shape index (κ2) is 9.66. The van der Waals surface area contributed by atoms with Crippen molar-refractivity contribution in [2.75, 3.05) is 18.4 Å². The zero-order chi connectivity index (χ0) is 22.5. The molecule has 3 amide bonds. The zero-order valence-corrected chi connectivity index (χ0v) is 18.1. The van der Waals surface area contributed by atoms with E-state index in [2.05, 4.69) is 5.32 Å². The second-order valence-corrected chi connectivity index (χ2v) is 8.04. The van der Waals surface area contributed by atoms with E-state index in [0.29, 0.717) is 42.5 Å². The van der Waals surface area contributed by atoms with Crippen LogP contribution in [0.2, 0.25) is 5.02 Å². The monoisotopic (exact) mass is 447 g/mol. The molecule has 6 nitrogen and oxygen atoms in total. The molecule has 1 aliphatic rings. The Morgan fingerprint density at radius 3 is 1.97 bits per heavy atom. The van der Waals surface area contributed by atoms with Gasteiger partial charge in [0.2, 0.25) is 0 Å². The van der Waals surface area contributed by atoms with Crippen LogP contribution in [0.25, 0.3) is 0 Å². The first-order valence-electron chi connectivity index (χ1n) is 10.3. The molecule has 0 atom stereocenters. The van der Waals surface area contributed by atoms with Gasteiger partial charge in [0, 0.05) is 42.5 Å². The van der Waals surface area contributed by atoms with Crippen LogP contribution in [-0.2, 0) is 22.7 Å². The number of anilines is 1. The summed E-state index contributed by atoms with van der Waals surface area (Å²) in [6.45, 7) is 1.70. The Bertz CT molecular complexity index is 1130. The molecule has 1 fully saturated rings. The van der Waals surface area contributed by atoms with E-state index in [1.54, 1.807) is 58.3 Å². The van der Waals surface area contributed by atoms with Crippen LogP contribution in [0.4, 0.5) is 5.69 Å². The Morgan fingerprint density at radius 2 is 1.38 bits per heavy atom. The predicted octanol–water partition coefficient (Wildman–Crippen LogP) is 3.96. The summed E-state index contributed by atoms with van der Waals surface area (Å²) in [5.74, 6) is -1.24.